The molecule has 36 heavy (non-hydrogen) atoms. The fourth-order valence-electron chi connectivity index (χ4n) is 3.50. The van der Waals surface area contributed by atoms with Crippen molar-refractivity contribution in [2.24, 2.45) is 0 Å². The summed E-state index contributed by atoms with van der Waals surface area (Å²) in [5.74, 6) is -0.413. The molecule has 4 aromatic carbocycles. The highest BCUT2D eigenvalue weighted by Crippen LogP contribution is 2.33. The number of amides is 1. The lowest BCUT2D eigenvalue weighted by Gasteiger charge is -2.22. The summed E-state index contributed by atoms with van der Waals surface area (Å²) in [6.45, 7) is 1.72. The fraction of sp³-hybridized carbons (Fsp3) is 0.107. The molecule has 0 heterocycles. The molecule has 0 bridgehead atoms. The van der Waals surface area contributed by atoms with Gasteiger partial charge >= 0.3 is 0 Å². The van der Waals surface area contributed by atoms with Gasteiger partial charge in [0, 0.05) is 20.8 Å². The van der Waals surface area contributed by atoms with Crippen LogP contribution in [0.2, 0.25) is 0 Å². The first-order valence-electron chi connectivity index (χ1n) is 11.2. The standard InChI is InChI=1S/C28H25BrN2O3S2/c1-21-11-13-22(14-12-21)19-31(36(33,34)25-17-15-23(29)16-18-25)20-28(32)30-26-9-5-6-10-27(26)35-24-7-3-2-4-8-24/h2-18H,19-20H2,1H3,(H,30,32). The van der Waals surface area contributed by atoms with Crippen LogP contribution in [0.3, 0.4) is 0 Å². The summed E-state index contributed by atoms with van der Waals surface area (Å²) in [5, 5.41) is 2.92. The Hall–Kier alpha value is -2.91. The van der Waals surface area contributed by atoms with Crippen LogP contribution in [0.25, 0.3) is 0 Å². The number of carbonyl (C=O) groups is 1. The van der Waals surface area contributed by atoms with Gasteiger partial charge in [0.15, 0.2) is 0 Å². The Balaban J connectivity index is 1.57. The summed E-state index contributed by atoms with van der Waals surface area (Å²) < 4.78 is 29.1. The molecule has 1 N–H and O–H groups in total. The van der Waals surface area contributed by atoms with E-state index in [-0.39, 0.29) is 18.0 Å². The van der Waals surface area contributed by atoms with Crippen LogP contribution < -0.4 is 5.32 Å². The average Bonchev–Trinajstić information content (AvgIpc) is 2.87. The highest BCUT2D eigenvalue weighted by molar-refractivity contribution is 9.10. The van der Waals surface area contributed by atoms with Crippen LogP contribution in [0.5, 0.6) is 0 Å². The van der Waals surface area contributed by atoms with Gasteiger partial charge in [-0.15, -0.1) is 0 Å². The lowest BCUT2D eigenvalue weighted by Crippen LogP contribution is -2.37. The van der Waals surface area contributed by atoms with Gasteiger partial charge in [0.05, 0.1) is 17.1 Å². The predicted molar refractivity (Wildman–Crippen MR) is 149 cm³/mol. The van der Waals surface area contributed by atoms with Gasteiger partial charge in [-0.3, -0.25) is 4.79 Å². The van der Waals surface area contributed by atoms with Gasteiger partial charge in [0.2, 0.25) is 15.9 Å². The summed E-state index contributed by atoms with van der Waals surface area (Å²) >= 11 is 4.87. The molecule has 0 saturated heterocycles. The third-order valence-electron chi connectivity index (χ3n) is 5.38. The molecule has 0 aliphatic heterocycles. The molecule has 0 fully saturated rings. The van der Waals surface area contributed by atoms with Crippen LogP contribution >= 0.6 is 27.7 Å². The molecule has 1 amide bonds. The Morgan fingerprint density at radius 2 is 1.50 bits per heavy atom. The normalized spacial score (nSPS) is 11.4. The van der Waals surface area contributed by atoms with E-state index < -0.39 is 15.9 Å². The van der Waals surface area contributed by atoms with E-state index in [1.807, 2.05) is 85.8 Å². The fourth-order valence-corrected chi connectivity index (χ4v) is 6.07. The number of rotatable bonds is 9. The molecule has 0 unspecified atom stereocenters. The van der Waals surface area contributed by atoms with Gasteiger partial charge in [-0.2, -0.15) is 4.31 Å². The van der Waals surface area contributed by atoms with Gasteiger partial charge in [0.25, 0.3) is 0 Å². The molecule has 0 spiro atoms. The van der Waals surface area contributed by atoms with Crippen molar-refractivity contribution >= 4 is 49.3 Å². The van der Waals surface area contributed by atoms with Crippen molar-refractivity contribution in [2.75, 3.05) is 11.9 Å². The molecule has 4 rings (SSSR count). The molecular formula is C28H25BrN2O3S2. The van der Waals surface area contributed by atoms with Gasteiger partial charge in [-0.05, 0) is 61.0 Å². The molecular weight excluding hydrogens is 556 g/mol. The van der Waals surface area contributed by atoms with Crippen LogP contribution in [-0.4, -0.2) is 25.2 Å². The number of hydrogen-bond donors (Lipinski definition) is 1. The largest absolute Gasteiger partial charge is 0.324 e. The van der Waals surface area contributed by atoms with E-state index in [2.05, 4.69) is 21.2 Å². The smallest absolute Gasteiger partial charge is 0.243 e. The second kappa shape index (κ2) is 11.9. The van der Waals surface area contributed by atoms with Gasteiger partial charge in [-0.1, -0.05) is 87.9 Å². The SMILES string of the molecule is Cc1ccc(CN(CC(=O)Nc2ccccc2Sc2ccccc2)S(=O)(=O)c2ccc(Br)cc2)cc1. The average molecular weight is 582 g/mol. The summed E-state index contributed by atoms with van der Waals surface area (Å²) in [5.41, 5.74) is 2.51. The van der Waals surface area contributed by atoms with Gasteiger partial charge < -0.3 is 5.32 Å². The van der Waals surface area contributed by atoms with Crippen molar-refractivity contribution in [3.63, 3.8) is 0 Å². The van der Waals surface area contributed by atoms with E-state index >= 15 is 0 Å². The molecule has 0 radical (unpaired) electrons. The van der Waals surface area contributed by atoms with Crippen LogP contribution in [-0.2, 0) is 21.4 Å². The Morgan fingerprint density at radius 3 is 2.19 bits per heavy atom. The van der Waals surface area contributed by atoms with Crippen LogP contribution in [0.15, 0.2) is 122 Å². The van der Waals surface area contributed by atoms with E-state index in [0.717, 1.165) is 25.4 Å². The van der Waals surface area contributed by atoms with Crippen molar-refractivity contribution in [1.29, 1.82) is 0 Å². The van der Waals surface area contributed by atoms with Crippen molar-refractivity contribution in [3.05, 3.63) is 119 Å². The third kappa shape index (κ3) is 6.85. The minimum absolute atomic E-state index is 0.0759. The minimum Gasteiger partial charge on any atom is -0.324 e. The van der Waals surface area contributed by atoms with E-state index in [4.69, 9.17) is 0 Å². The minimum atomic E-state index is -3.93. The Bertz CT molecular complexity index is 1430. The second-order valence-electron chi connectivity index (χ2n) is 8.17. The van der Waals surface area contributed by atoms with E-state index in [1.54, 1.807) is 12.1 Å². The maximum absolute atomic E-state index is 13.5. The van der Waals surface area contributed by atoms with E-state index in [9.17, 15) is 13.2 Å². The van der Waals surface area contributed by atoms with Crippen LogP contribution in [0, 0.1) is 6.92 Å². The van der Waals surface area contributed by atoms with Crippen LogP contribution in [0.1, 0.15) is 11.1 Å². The van der Waals surface area contributed by atoms with Gasteiger partial charge in [0.1, 0.15) is 0 Å². The lowest BCUT2D eigenvalue weighted by molar-refractivity contribution is -0.116. The van der Waals surface area contributed by atoms with Crippen LogP contribution in [0.4, 0.5) is 5.69 Å². The number of nitrogens with one attached hydrogen (secondary N) is 1. The summed E-state index contributed by atoms with van der Waals surface area (Å²) in [6.07, 6.45) is 0. The van der Waals surface area contributed by atoms with Gasteiger partial charge in [-0.25, -0.2) is 8.42 Å². The highest BCUT2D eigenvalue weighted by atomic mass is 79.9. The number of para-hydroxylation sites is 1. The maximum Gasteiger partial charge on any atom is 0.243 e. The van der Waals surface area contributed by atoms with E-state index in [1.165, 1.54) is 28.2 Å². The molecule has 8 heteroatoms. The number of anilines is 1. The Morgan fingerprint density at radius 1 is 0.861 bits per heavy atom. The molecule has 0 aliphatic carbocycles. The molecule has 0 aromatic heterocycles. The zero-order valence-electron chi connectivity index (χ0n) is 19.6. The molecule has 4 aromatic rings. The number of nitrogens with zero attached hydrogens (tertiary/aromatic N) is 1. The van der Waals surface area contributed by atoms with Crippen molar-refractivity contribution < 1.29 is 13.2 Å². The number of carbonyl (C=O) groups excluding carboxylic acids is 1. The van der Waals surface area contributed by atoms with Crippen molar-refractivity contribution in [1.82, 2.24) is 4.31 Å². The first kappa shape index (κ1) is 26.2. The summed E-state index contributed by atoms with van der Waals surface area (Å²) in [6, 6.07) is 31.4. The number of aryl methyl sites for hydroxylation is 1. The van der Waals surface area contributed by atoms with E-state index in [0.29, 0.717) is 5.69 Å². The van der Waals surface area contributed by atoms with Crippen molar-refractivity contribution in [3.8, 4) is 0 Å². The summed E-state index contributed by atoms with van der Waals surface area (Å²) in [7, 11) is -3.93. The Kier molecular flexibility index (Phi) is 8.64. The third-order valence-corrected chi connectivity index (χ3v) is 8.80. The number of hydrogen-bond acceptors (Lipinski definition) is 4. The Labute approximate surface area is 224 Å². The first-order valence-corrected chi connectivity index (χ1v) is 14.3. The molecule has 0 aliphatic rings. The van der Waals surface area contributed by atoms with Crippen molar-refractivity contribution in [2.45, 2.75) is 28.2 Å². The number of benzene rings is 4. The zero-order valence-corrected chi connectivity index (χ0v) is 22.8. The molecule has 184 valence electrons. The number of sulfonamides is 1. The first-order chi connectivity index (χ1) is 17.3. The molecule has 0 saturated carbocycles. The quantitative estimate of drug-likeness (QED) is 0.238. The predicted octanol–water partition coefficient (Wildman–Crippen LogP) is 6.74. The lowest BCUT2D eigenvalue weighted by atomic mass is 10.1. The highest BCUT2D eigenvalue weighted by Gasteiger charge is 2.27. The monoisotopic (exact) mass is 580 g/mol. The molecule has 5 nitrogen and oxygen atoms in total. The molecule has 0 atom stereocenters. The number of halogens is 1. The topological polar surface area (TPSA) is 66.5 Å². The summed E-state index contributed by atoms with van der Waals surface area (Å²) in [4.78, 5) is 15.2. The maximum atomic E-state index is 13.5. The second-order valence-corrected chi connectivity index (χ2v) is 12.1. The zero-order chi connectivity index (χ0) is 25.5.